The van der Waals surface area contributed by atoms with Crippen LogP contribution >= 0.6 is 0 Å². The van der Waals surface area contributed by atoms with E-state index in [1.54, 1.807) is 11.1 Å². The van der Waals surface area contributed by atoms with Gasteiger partial charge in [0.25, 0.3) is 0 Å². The van der Waals surface area contributed by atoms with E-state index in [1.165, 1.54) is 4.90 Å². The molecule has 0 saturated carbocycles. The van der Waals surface area contributed by atoms with Crippen molar-refractivity contribution in [2.75, 3.05) is 42.8 Å². The van der Waals surface area contributed by atoms with Gasteiger partial charge in [0, 0.05) is 30.6 Å². The number of amides is 2. The second kappa shape index (κ2) is 8.55. The number of nitrogens with zero attached hydrogens (tertiary/aromatic N) is 4. The van der Waals surface area contributed by atoms with Gasteiger partial charge in [0.2, 0.25) is 5.91 Å². The van der Waals surface area contributed by atoms with E-state index in [2.05, 4.69) is 5.10 Å². The first kappa shape index (κ1) is 21.0. The van der Waals surface area contributed by atoms with Crippen LogP contribution in [0.4, 0.5) is 16.2 Å². The first-order valence-electron chi connectivity index (χ1n) is 11.2. The number of ether oxygens (including phenoxy) is 2. The summed E-state index contributed by atoms with van der Waals surface area (Å²) in [5.74, 6) is 0.598. The highest BCUT2D eigenvalue weighted by Crippen LogP contribution is 2.39. The van der Waals surface area contributed by atoms with Crippen molar-refractivity contribution in [3.05, 3.63) is 30.6 Å². The smallest absolute Gasteiger partial charge is 0.411 e. The molecule has 1 aromatic carbocycles. The Labute approximate surface area is 186 Å². The average molecular weight is 441 g/mol. The van der Waals surface area contributed by atoms with E-state index >= 15 is 0 Å². The summed E-state index contributed by atoms with van der Waals surface area (Å²) >= 11 is 0. The van der Waals surface area contributed by atoms with Crippen LogP contribution in [0.5, 0.6) is 0 Å². The molecule has 0 aliphatic carbocycles. The van der Waals surface area contributed by atoms with E-state index < -0.39 is 6.09 Å². The third-order valence-electron chi connectivity index (χ3n) is 6.55. The highest BCUT2D eigenvalue weighted by Gasteiger charge is 2.35. The monoisotopic (exact) mass is 440 g/mol. The first-order chi connectivity index (χ1) is 15.5. The number of anilines is 2. The molecule has 1 atom stereocenters. The molecule has 2 fully saturated rings. The van der Waals surface area contributed by atoms with Gasteiger partial charge in [0.15, 0.2) is 0 Å². The van der Waals surface area contributed by atoms with Crippen LogP contribution in [0.15, 0.2) is 30.6 Å². The fourth-order valence-electron chi connectivity index (χ4n) is 4.54. The maximum Gasteiger partial charge on any atom is 0.411 e. The summed E-state index contributed by atoms with van der Waals surface area (Å²) in [6.07, 6.45) is 4.97. The van der Waals surface area contributed by atoms with E-state index in [4.69, 9.17) is 9.47 Å². The largest absolute Gasteiger partial charge is 0.465 e. The van der Waals surface area contributed by atoms with Crippen LogP contribution in [0, 0.1) is 5.92 Å². The van der Waals surface area contributed by atoms with Crippen LogP contribution in [0.1, 0.15) is 32.2 Å². The Kier molecular flexibility index (Phi) is 5.60. The van der Waals surface area contributed by atoms with Gasteiger partial charge in [0.1, 0.15) is 0 Å². The molecule has 170 valence electrons. The number of benzene rings is 1. The molecule has 1 aromatic heterocycles. The molecule has 2 saturated heterocycles. The quantitative estimate of drug-likeness (QED) is 0.741. The molecule has 0 unspecified atom stereocenters. The number of aromatic nitrogens is 2. The molecule has 9 heteroatoms. The molecular weight excluding hydrogens is 412 g/mol. The fraction of sp³-hybridized carbons (Fsp3) is 0.522. The normalized spacial score (nSPS) is 21.1. The van der Waals surface area contributed by atoms with Crippen molar-refractivity contribution in [2.45, 2.75) is 38.3 Å². The lowest BCUT2D eigenvalue weighted by Crippen LogP contribution is -2.51. The van der Waals surface area contributed by atoms with Crippen molar-refractivity contribution in [3.63, 3.8) is 0 Å². The molecule has 2 amide bonds. The molecule has 4 heterocycles. The van der Waals surface area contributed by atoms with Crippen LogP contribution in [0.2, 0.25) is 0 Å². The molecule has 1 N–H and O–H groups in total. The van der Waals surface area contributed by atoms with Crippen molar-refractivity contribution in [1.82, 2.24) is 9.78 Å². The van der Waals surface area contributed by atoms with Gasteiger partial charge in [-0.2, -0.15) is 5.10 Å². The number of rotatable bonds is 6. The number of hydrogen-bond donors (Lipinski definition) is 1. The summed E-state index contributed by atoms with van der Waals surface area (Å²) in [6.45, 7) is 5.03. The third kappa shape index (κ3) is 3.86. The van der Waals surface area contributed by atoms with Crippen LogP contribution in [-0.2, 0) is 14.3 Å². The predicted molar refractivity (Wildman–Crippen MR) is 118 cm³/mol. The molecule has 3 aliphatic heterocycles. The molecule has 0 spiro atoms. The van der Waals surface area contributed by atoms with Crippen LogP contribution in [-0.4, -0.2) is 65.9 Å². The van der Waals surface area contributed by atoms with E-state index in [0.717, 1.165) is 37.2 Å². The number of hydrogen-bond acceptors (Lipinski definition) is 5. The summed E-state index contributed by atoms with van der Waals surface area (Å²) in [7, 11) is 0. The molecule has 3 aliphatic rings. The van der Waals surface area contributed by atoms with Crippen molar-refractivity contribution in [1.29, 1.82) is 0 Å². The number of carbonyl (C=O) groups is 2. The lowest BCUT2D eigenvalue weighted by molar-refractivity contribution is -0.119. The predicted octanol–water partition coefficient (Wildman–Crippen LogP) is 3.16. The Morgan fingerprint density at radius 3 is 2.56 bits per heavy atom. The van der Waals surface area contributed by atoms with Crippen molar-refractivity contribution in [3.8, 4) is 11.1 Å². The van der Waals surface area contributed by atoms with Gasteiger partial charge in [-0.1, -0.05) is 6.07 Å². The Morgan fingerprint density at radius 1 is 1.12 bits per heavy atom. The number of carboxylic acid groups (broad SMARTS) is 1. The van der Waals surface area contributed by atoms with Crippen molar-refractivity contribution < 1.29 is 24.2 Å². The van der Waals surface area contributed by atoms with Gasteiger partial charge in [0.05, 0.1) is 56.1 Å². The zero-order valence-electron chi connectivity index (χ0n) is 18.1. The van der Waals surface area contributed by atoms with Crippen LogP contribution in [0.3, 0.4) is 0 Å². The van der Waals surface area contributed by atoms with E-state index in [-0.39, 0.29) is 24.5 Å². The summed E-state index contributed by atoms with van der Waals surface area (Å²) < 4.78 is 12.3. The van der Waals surface area contributed by atoms with Gasteiger partial charge in [-0.05, 0) is 37.5 Å². The molecule has 9 nitrogen and oxygen atoms in total. The highest BCUT2D eigenvalue weighted by atomic mass is 16.5. The number of fused-ring (bicyclic) bond motifs is 1. The van der Waals surface area contributed by atoms with Gasteiger partial charge >= 0.3 is 6.09 Å². The van der Waals surface area contributed by atoms with Gasteiger partial charge in [-0.25, -0.2) is 4.79 Å². The van der Waals surface area contributed by atoms with E-state index in [1.807, 2.05) is 36.0 Å². The third-order valence-corrected chi connectivity index (χ3v) is 6.55. The summed E-state index contributed by atoms with van der Waals surface area (Å²) in [5, 5.41) is 14.3. The molecule has 2 aromatic rings. The second-order valence-corrected chi connectivity index (χ2v) is 8.91. The van der Waals surface area contributed by atoms with Crippen molar-refractivity contribution >= 4 is 23.4 Å². The Morgan fingerprint density at radius 2 is 1.91 bits per heavy atom. The van der Waals surface area contributed by atoms with Gasteiger partial charge in [-0.3, -0.25) is 14.4 Å². The fourth-order valence-corrected chi connectivity index (χ4v) is 4.54. The Hall–Kier alpha value is -2.91. The lowest BCUT2D eigenvalue weighted by Gasteiger charge is -2.40. The summed E-state index contributed by atoms with van der Waals surface area (Å²) in [6, 6.07) is 5.65. The SMILES string of the molecule is C[C@H]1CN(C(=O)O)c2cc(-c3cnn(C4COC4)c3)ccc2N1C(=O)CCCC1COC1. The lowest BCUT2D eigenvalue weighted by atomic mass is 9.99. The zero-order chi connectivity index (χ0) is 22.2. The minimum atomic E-state index is -1.02. The molecule has 5 rings (SSSR count). The van der Waals surface area contributed by atoms with E-state index in [0.29, 0.717) is 36.9 Å². The van der Waals surface area contributed by atoms with Crippen LogP contribution in [0.25, 0.3) is 11.1 Å². The first-order valence-corrected chi connectivity index (χ1v) is 11.2. The second-order valence-electron chi connectivity index (χ2n) is 8.91. The summed E-state index contributed by atoms with van der Waals surface area (Å²) in [5.41, 5.74) is 2.96. The molecule has 32 heavy (non-hydrogen) atoms. The average Bonchev–Trinajstić information content (AvgIpc) is 3.16. The molecular formula is C23H28N4O5. The van der Waals surface area contributed by atoms with Crippen molar-refractivity contribution in [2.24, 2.45) is 5.92 Å². The zero-order valence-corrected chi connectivity index (χ0v) is 18.1. The molecule has 0 bridgehead atoms. The maximum atomic E-state index is 13.1. The minimum absolute atomic E-state index is 0.0367. The topological polar surface area (TPSA) is 97.1 Å². The Bertz CT molecular complexity index is 1010. The van der Waals surface area contributed by atoms with Gasteiger partial charge in [-0.15, -0.1) is 0 Å². The standard InChI is InChI=1S/C23H28N4O5/c1-15-9-25(23(29)30)21-7-17(18-8-24-26(10-18)19-13-32-14-19)5-6-20(21)27(15)22(28)4-2-3-16-11-31-12-16/h5-8,10,15-16,19H,2-4,9,11-14H2,1H3,(H,29,30)/t15-/m0/s1. The molecule has 0 radical (unpaired) electrons. The van der Waals surface area contributed by atoms with Crippen LogP contribution < -0.4 is 9.80 Å². The summed E-state index contributed by atoms with van der Waals surface area (Å²) in [4.78, 5) is 28.2. The van der Waals surface area contributed by atoms with E-state index in [9.17, 15) is 14.7 Å². The maximum absolute atomic E-state index is 13.1. The minimum Gasteiger partial charge on any atom is -0.465 e. The Balaban J connectivity index is 1.40. The number of carbonyl (C=O) groups excluding carboxylic acids is 1. The highest BCUT2D eigenvalue weighted by molar-refractivity contribution is 6.03. The van der Waals surface area contributed by atoms with Gasteiger partial charge < -0.3 is 19.5 Å².